The van der Waals surface area contributed by atoms with E-state index in [9.17, 15) is 14.9 Å². The molecule has 2 aromatic rings. The number of nitrogens with one attached hydrogen (secondary N) is 1. The average molecular weight is 412 g/mol. The molecule has 30 heavy (non-hydrogen) atoms. The number of non-ortho nitro benzene ring substituents is 1. The summed E-state index contributed by atoms with van der Waals surface area (Å²) in [6.45, 7) is 2.71. The molecule has 0 bridgehead atoms. The van der Waals surface area contributed by atoms with Crippen LogP contribution in [0.4, 0.5) is 11.4 Å². The van der Waals surface area contributed by atoms with E-state index in [4.69, 9.17) is 14.2 Å². The molecule has 0 aliphatic carbocycles. The maximum atomic E-state index is 12.2. The van der Waals surface area contributed by atoms with Gasteiger partial charge in [-0.1, -0.05) is 0 Å². The smallest absolute Gasteiger partial charge is 0.338 e. The zero-order chi connectivity index (χ0) is 21.3. The van der Waals surface area contributed by atoms with Crippen molar-refractivity contribution in [2.45, 2.75) is 31.9 Å². The number of nitro benzene ring substituents is 1. The van der Waals surface area contributed by atoms with E-state index in [1.54, 1.807) is 32.2 Å². The average Bonchev–Trinajstić information content (AvgIpc) is 2.77. The van der Waals surface area contributed by atoms with Crippen LogP contribution in [0.5, 0.6) is 5.75 Å². The van der Waals surface area contributed by atoms with Crippen molar-refractivity contribution in [3.63, 3.8) is 0 Å². The quantitative estimate of drug-likeness (QED) is 0.441. The molecule has 1 fully saturated rings. The van der Waals surface area contributed by atoms with E-state index in [2.05, 4.69) is 5.32 Å². The molecule has 8 heteroatoms. The van der Waals surface area contributed by atoms with Crippen LogP contribution < -0.4 is 10.1 Å². The molecule has 0 aromatic heterocycles. The number of ether oxygens (including phenoxy) is 3. The number of rotatable bonds is 5. The largest absolute Gasteiger partial charge is 0.496 e. The van der Waals surface area contributed by atoms with Gasteiger partial charge in [0.25, 0.3) is 5.69 Å². The van der Waals surface area contributed by atoms with Gasteiger partial charge in [-0.3, -0.25) is 10.1 Å². The van der Waals surface area contributed by atoms with Gasteiger partial charge < -0.3 is 19.5 Å². The summed E-state index contributed by atoms with van der Waals surface area (Å²) in [5.41, 5.74) is 2.98. The first-order chi connectivity index (χ1) is 14.5. The molecule has 0 amide bonds. The number of hydrogen-bond donors (Lipinski definition) is 1. The Morgan fingerprint density at radius 1 is 1.27 bits per heavy atom. The first-order valence-corrected chi connectivity index (χ1v) is 10.0. The molecule has 2 aliphatic heterocycles. The fourth-order valence-corrected chi connectivity index (χ4v) is 4.40. The van der Waals surface area contributed by atoms with Crippen LogP contribution in [-0.4, -0.2) is 31.2 Å². The van der Waals surface area contributed by atoms with Gasteiger partial charge in [0.1, 0.15) is 5.75 Å². The van der Waals surface area contributed by atoms with Crippen molar-refractivity contribution in [1.29, 1.82) is 0 Å². The first kappa shape index (κ1) is 20.2. The molecule has 0 saturated carbocycles. The van der Waals surface area contributed by atoms with E-state index in [1.165, 1.54) is 6.07 Å². The van der Waals surface area contributed by atoms with E-state index in [1.807, 2.05) is 12.1 Å². The highest BCUT2D eigenvalue weighted by Gasteiger charge is 2.41. The highest BCUT2D eigenvalue weighted by atomic mass is 16.6. The Kier molecular flexibility index (Phi) is 5.59. The predicted molar refractivity (Wildman–Crippen MR) is 110 cm³/mol. The fourth-order valence-electron chi connectivity index (χ4n) is 4.40. The van der Waals surface area contributed by atoms with Crippen molar-refractivity contribution in [1.82, 2.24) is 0 Å². The molecule has 2 aromatic carbocycles. The zero-order valence-corrected chi connectivity index (χ0v) is 16.9. The Bertz CT molecular complexity index is 976. The van der Waals surface area contributed by atoms with Gasteiger partial charge >= 0.3 is 5.97 Å². The van der Waals surface area contributed by atoms with Crippen molar-refractivity contribution in [3.8, 4) is 5.75 Å². The van der Waals surface area contributed by atoms with Gasteiger partial charge in [-0.15, -0.1) is 0 Å². The van der Waals surface area contributed by atoms with Crippen LogP contribution >= 0.6 is 0 Å². The molecule has 1 saturated heterocycles. The monoisotopic (exact) mass is 412 g/mol. The van der Waals surface area contributed by atoms with Crippen molar-refractivity contribution < 1.29 is 23.9 Å². The van der Waals surface area contributed by atoms with Gasteiger partial charge in [0.05, 0.1) is 36.3 Å². The van der Waals surface area contributed by atoms with Crippen LogP contribution in [0, 0.1) is 16.0 Å². The number of methoxy groups -OCH3 is 1. The molecular weight excluding hydrogens is 388 g/mol. The summed E-state index contributed by atoms with van der Waals surface area (Å²) >= 11 is 0. The predicted octanol–water partition coefficient (Wildman–Crippen LogP) is 4.41. The molecule has 8 nitrogen and oxygen atoms in total. The second kappa shape index (κ2) is 8.31. The molecule has 0 unspecified atom stereocenters. The second-order valence-electron chi connectivity index (χ2n) is 7.43. The normalized spacial score (nSPS) is 22.3. The first-order valence-electron chi connectivity index (χ1n) is 10.0. The lowest BCUT2D eigenvalue weighted by atomic mass is 9.77. The number of carbonyl (C=O) groups is 1. The molecular formula is C22H24N2O6. The van der Waals surface area contributed by atoms with E-state index in [0.29, 0.717) is 24.5 Å². The van der Waals surface area contributed by atoms with Crippen LogP contribution in [-0.2, 0) is 9.47 Å². The maximum Gasteiger partial charge on any atom is 0.338 e. The summed E-state index contributed by atoms with van der Waals surface area (Å²) in [4.78, 5) is 23.1. The third-order valence-corrected chi connectivity index (χ3v) is 5.74. The van der Waals surface area contributed by atoms with Gasteiger partial charge in [0.2, 0.25) is 0 Å². The molecule has 158 valence electrons. The number of nitrogens with zero attached hydrogens (tertiary/aromatic N) is 1. The van der Waals surface area contributed by atoms with Crippen molar-refractivity contribution >= 4 is 17.3 Å². The molecule has 0 radical (unpaired) electrons. The molecule has 4 rings (SSSR count). The highest BCUT2D eigenvalue weighted by Crippen LogP contribution is 2.51. The lowest BCUT2D eigenvalue weighted by molar-refractivity contribution is -0.385. The number of esters is 1. The molecule has 2 aliphatic rings. The summed E-state index contributed by atoms with van der Waals surface area (Å²) in [5, 5.41) is 14.9. The minimum atomic E-state index is -0.403. The van der Waals surface area contributed by atoms with E-state index < -0.39 is 4.92 Å². The van der Waals surface area contributed by atoms with Gasteiger partial charge in [-0.25, -0.2) is 4.79 Å². The third-order valence-electron chi connectivity index (χ3n) is 5.74. The number of benzene rings is 2. The zero-order valence-electron chi connectivity index (χ0n) is 16.9. The Balaban J connectivity index is 1.77. The maximum absolute atomic E-state index is 12.2. The number of fused-ring (bicyclic) bond motifs is 3. The Hall–Kier alpha value is -3.13. The minimum absolute atomic E-state index is 0.0179. The van der Waals surface area contributed by atoms with Gasteiger partial charge in [-0.05, 0) is 44.0 Å². The molecule has 3 atom stereocenters. The standard InChI is InChI=1S/C22H24N2O6/c1-3-29-22(25)13-6-8-18-16(11-13)21-15(5-4-10-30-21)20(23-18)17-12-14(24(26)27)7-9-19(17)28-2/h6-9,11-12,15,20-21,23H,3-5,10H2,1-2H3/t15-,20-,21-/m1/s1. The van der Waals surface area contributed by atoms with Crippen LogP contribution in [0.25, 0.3) is 0 Å². The van der Waals surface area contributed by atoms with Gasteiger partial charge in [0, 0.05) is 41.5 Å². The number of carbonyl (C=O) groups excluding carboxylic acids is 1. The van der Waals surface area contributed by atoms with E-state index in [-0.39, 0.29) is 29.7 Å². The summed E-state index contributed by atoms with van der Waals surface area (Å²) in [5.74, 6) is 0.267. The minimum Gasteiger partial charge on any atom is -0.496 e. The SMILES string of the molecule is CCOC(=O)c1ccc2c(c1)[C@@H]1OCCC[C@@H]1[C@H](c1cc([N+](=O)[O-])ccc1OC)N2. The molecule has 2 heterocycles. The lowest BCUT2D eigenvalue weighted by Crippen LogP contribution is -2.36. The van der Waals surface area contributed by atoms with Gasteiger partial charge in [0.15, 0.2) is 0 Å². The Labute approximate surface area is 174 Å². The lowest BCUT2D eigenvalue weighted by Gasteiger charge is -2.43. The van der Waals surface area contributed by atoms with E-state index >= 15 is 0 Å². The number of nitro groups is 1. The van der Waals surface area contributed by atoms with Crippen LogP contribution in [0.15, 0.2) is 36.4 Å². The molecule has 0 spiro atoms. The number of hydrogen-bond acceptors (Lipinski definition) is 7. The topological polar surface area (TPSA) is 99.9 Å². The van der Waals surface area contributed by atoms with Crippen LogP contribution in [0.3, 0.4) is 0 Å². The Morgan fingerprint density at radius 3 is 2.83 bits per heavy atom. The Morgan fingerprint density at radius 2 is 2.10 bits per heavy atom. The summed E-state index contributed by atoms with van der Waals surface area (Å²) in [7, 11) is 1.56. The second-order valence-corrected chi connectivity index (χ2v) is 7.43. The number of anilines is 1. The van der Waals surface area contributed by atoms with Crippen LogP contribution in [0.1, 0.15) is 53.4 Å². The van der Waals surface area contributed by atoms with Crippen molar-refractivity contribution in [2.24, 2.45) is 5.92 Å². The van der Waals surface area contributed by atoms with Gasteiger partial charge in [-0.2, -0.15) is 0 Å². The fraction of sp³-hybridized carbons (Fsp3) is 0.409. The van der Waals surface area contributed by atoms with E-state index in [0.717, 1.165) is 29.7 Å². The third kappa shape index (κ3) is 3.59. The van der Waals surface area contributed by atoms with Crippen molar-refractivity contribution in [2.75, 3.05) is 25.6 Å². The molecule has 1 N–H and O–H groups in total. The van der Waals surface area contributed by atoms with Crippen molar-refractivity contribution in [3.05, 3.63) is 63.2 Å². The summed E-state index contributed by atoms with van der Waals surface area (Å²) in [6, 6.07) is 9.81. The highest BCUT2D eigenvalue weighted by molar-refractivity contribution is 5.90. The summed E-state index contributed by atoms with van der Waals surface area (Å²) in [6.07, 6.45) is 1.55. The summed E-state index contributed by atoms with van der Waals surface area (Å²) < 4.78 is 16.8. The van der Waals surface area contributed by atoms with Crippen LogP contribution in [0.2, 0.25) is 0 Å².